The van der Waals surface area contributed by atoms with Crippen molar-refractivity contribution in [1.82, 2.24) is 10.1 Å². The molecule has 0 radical (unpaired) electrons. The van der Waals surface area contributed by atoms with E-state index in [2.05, 4.69) is 52.3 Å². The van der Waals surface area contributed by atoms with Crippen molar-refractivity contribution in [2.24, 2.45) is 5.41 Å². The average Bonchev–Trinajstić information content (AvgIpc) is 3.57. The Hall–Kier alpha value is -3.41. The number of nitrogens with zero attached hydrogens (tertiary/aromatic N) is 3. The number of aromatic nitrogens is 2. The van der Waals surface area contributed by atoms with Gasteiger partial charge in [0.25, 0.3) is 0 Å². The number of rotatable bonds is 5. The predicted octanol–water partition coefficient (Wildman–Crippen LogP) is 5.69. The lowest BCUT2D eigenvalue weighted by atomic mass is 9.63. The van der Waals surface area contributed by atoms with Crippen molar-refractivity contribution < 1.29 is 14.4 Å². The summed E-state index contributed by atoms with van der Waals surface area (Å²) in [5.41, 5.74) is 6.46. The van der Waals surface area contributed by atoms with Crippen LogP contribution in [0.4, 0.5) is 5.82 Å². The monoisotopic (exact) mass is 441 g/mol. The van der Waals surface area contributed by atoms with Crippen LogP contribution in [0.3, 0.4) is 0 Å². The molecule has 2 aromatic heterocycles. The highest BCUT2D eigenvalue weighted by molar-refractivity contribution is 5.87. The molecule has 33 heavy (non-hydrogen) atoms. The standard InChI is InChI=1S/C27H27N3O3/c1-17-4-2-3-5-21(17)24-23(25(33-29-24)18-6-7-18)20-14-27(15-20)10-12-30(13-11-27)22-9-8-19(16-28-22)26(31)32/h2-5,8-9,14,16,18H,6-7,10-13,15H2,1H3,(H,31,32). The first kappa shape index (κ1) is 20.2. The maximum absolute atomic E-state index is 11.1. The minimum absolute atomic E-state index is 0.225. The van der Waals surface area contributed by atoms with E-state index in [4.69, 9.17) is 9.63 Å². The van der Waals surface area contributed by atoms with Crippen LogP contribution in [0, 0.1) is 12.3 Å². The van der Waals surface area contributed by atoms with Crippen LogP contribution in [0.5, 0.6) is 0 Å². The van der Waals surface area contributed by atoms with Gasteiger partial charge in [-0.3, -0.25) is 0 Å². The number of pyridine rings is 1. The highest BCUT2D eigenvalue weighted by Gasteiger charge is 2.44. The second-order valence-corrected chi connectivity index (χ2v) is 9.77. The van der Waals surface area contributed by atoms with Gasteiger partial charge in [0.2, 0.25) is 0 Å². The first-order valence-corrected chi connectivity index (χ1v) is 11.7. The molecule has 1 saturated carbocycles. The number of allylic oxidation sites excluding steroid dienone is 2. The van der Waals surface area contributed by atoms with Crippen molar-refractivity contribution >= 4 is 17.4 Å². The van der Waals surface area contributed by atoms with E-state index in [0.717, 1.165) is 55.2 Å². The number of benzene rings is 1. The lowest BCUT2D eigenvalue weighted by Gasteiger charge is -2.46. The SMILES string of the molecule is Cc1ccccc1-c1noc(C2CC2)c1C1=CC2(CCN(c3ccc(C(=O)O)cn3)CC2)C1. The third-order valence-electron chi connectivity index (χ3n) is 7.49. The van der Waals surface area contributed by atoms with Gasteiger partial charge in [-0.25, -0.2) is 9.78 Å². The third-order valence-corrected chi connectivity index (χ3v) is 7.49. The molecule has 1 N–H and O–H groups in total. The van der Waals surface area contributed by atoms with Crippen molar-refractivity contribution in [1.29, 1.82) is 0 Å². The Morgan fingerprint density at radius 3 is 2.55 bits per heavy atom. The van der Waals surface area contributed by atoms with Crippen LogP contribution in [0.15, 0.2) is 53.2 Å². The molecule has 6 nitrogen and oxygen atoms in total. The number of carboxylic acids is 1. The highest BCUT2D eigenvalue weighted by Crippen LogP contribution is 2.55. The summed E-state index contributed by atoms with van der Waals surface area (Å²) in [6.45, 7) is 3.98. The normalized spacial score (nSPS) is 19.3. The van der Waals surface area contributed by atoms with Crippen LogP contribution in [0.1, 0.15) is 65.3 Å². The van der Waals surface area contributed by atoms with E-state index in [9.17, 15) is 4.79 Å². The van der Waals surface area contributed by atoms with Crippen molar-refractivity contribution in [3.05, 3.63) is 71.1 Å². The van der Waals surface area contributed by atoms with Gasteiger partial charge in [0.05, 0.1) is 5.56 Å². The second kappa shape index (κ2) is 7.58. The minimum Gasteiger partial charge on any atom is -0.478 e. The Bertz CT molecular complexity index is 1250. The molecule has 1 saturated heterocycles. The largest absolute Gasteiger partial charge is 0.478 e. The van der Waals surface area contributed by atoms with Crippen molar-refractivity contribution in [2.75, 3.05) is 18.0 Å². The van der Waals surface area contributed by atoms with Crippen LogP contribution in [-0.4, -0.2) is 34.3 Å². The maximum Gasteiger partial charge on any atom is 0.337 e. The predicted molar refractivity (Wildman–Crippen MR) is 126 cm³/mol. The van der Waals surface area contributed by atoms with Crippen molar-refractivity contribution in [3.8, 4) is 11.3 Å². The van der Waals surface area contributed by atoms with E-state index in [0.29, 0.717) is 5.92 Å². The summed E-state index contributed by atoms with van der Waals surface area (Å²) in [6, 6.07) is 11.9. The Morgan fingerprint density at radius 1 is 1.15 bits per heavy atom. The van der Waals surface area contributed by atoms with E-state index in [-0.39, 0.29) is 11.0 Å². The summed E-state index contributed by atoms with van der Waals surface area (Å²) in [4.78, 5) is 17.7. The van der Waals surface area contributed by atoms with E-state index >= 15 is 0 Å². The van der Waals surface area contributed by atoms with Gasteiger partial charge >= 0.3 is 5.97 Å². The zero-order chi connectivity index (χ0) is 22.6. The molecule has 2 fully saturated rings. The van der Waals surface area contributed by atoms with Crippen LogP contribution in [-0.2, 0) is 0 Å². The zero-order valence-corrected chi connectivity index (χ0v) is 18.8. The molecular weight excluding hydrogens is 414 g/mol. The smallest absolute Gasteiger partial charge is 0.337 e. The number of carboxylic acid groups (broad SMARTS) is 1. The number of piperidine rings is 1. The second-order valence-electron chi connectivity index (χ2n) is 9.77. The number of hydrogen-bond acceptors (Lipinski definition) is 5. The first-order chi connectivity index (χ1) is 16.0. The molecular formula is C27H27N3O3. The fourth-order valence-electron chi connectivity index (χ4n) is 5.34. The van der Waals surface area contributed by atoms with Gasteiger partial charge in [0, 0.05) is 36.3 Å². The molecule has 2 aliphatic carbocycles. The topological polar surface area (TPSA) is 79.5 Å². The van der Waals surface area contributed by atoms with Crippen molar-refractivity contribution in [2.45, 2.75) is 44.9 Å². The van der Waals surface area contributed by atoms with Gasteiger partial charge in [0.1, 0.15) is 17.3 Å². The molecule has 0 unspecified atom stereocenters. The lowest BCUT2D eigenvalue weighted by Crippen LogP contribution is -2.42. The Morgan fingerprint density at radius 2 is 1.91 bits per heavy atom. The number of aromatic carboxylic acids is 1. The molecule has 1 aliphatic heterocycles. The summed E-state index contributed by atoms with van der Waals surface area (Å²) in [6.07, 6.45) is 9.51. The fraction of sp³-hybridized carbons (Fsp3) is 0.370. The first-order valence-electron chi connectivity index (χ1n) is 11.7. The van der Waals surface area contributed by atoms with Crippen LogP contribution in [0.2, 0.25) is 0 Å². The Labute approximate surface area is 192 Å². The number of aryl methyl sites for hydroxylation is 1. The van der Waals surface area contributed by atoms with Gasteiger partial charge in [-0.05, 0) is 67.7 Å². The molecule has 0 amide bonds. The third kappa shape index (κ3) is 3.54. The molecule has 1 aromatic carbocycles. The molecule has 3 heterocycles. The summed E-state index contributed by atoms with van der Waals surface area (Å²) < 4.78 is 5.91. The van der Waals surface area contributed by atoms with E-state index in [1.54, 1.807) is 6.07 Å². The highest BCUT2D eigenvalue weighted by atomic mass is 16.5. The quantitative estimate of drug-likeness (QED) is 0.548. The minimum atomic E-state index is -0.942. The van der Waals surface area contributed by atoms with Gasteiger partial charge in [-0.1, -0.05) is 35.5 Å². The number of carbonyl (C=O) groups is 1. The van der Waals surface area contributed by atoms with E-state index in [1.807, 2.05) is 6.07 Å². The molecule has 168 valence electrons. The van der Waals surface area contributed by atoms with Gasteiger partial charge in [-0.2, -0.15) is 0 Å². The molecule has 6 heteroatoms. The summed E-state index contributed by atoms with van der Waals surface area (Å²) in [5, 5.41) is 13.6. The lowest BCUT2D eigenvalue weighted by molar-refractivity contribution is 0.0696. The van der Waals surface area contributed by atoms with E-state index < -0.39 is 5.97 Å². The molecule has 0 bridgehead atoms. The zero-order valence-electron chi connectivity index (χ0n) is 18.8. The molecule has 6 rings (SSSR count). The van der Waals surface area contributed by atoms with Gasteiger partial charge < -0.3 is 14.5 Å². The molecule has 3 aliphatic rings. The van der Waals surface area contributed by atoms with Gasteiger partial charge in [-0.15, -0.1) is 0 Å². The van der Waals surface area contributed by atoms with Crippen LogP contribution < -0.4 is 4.90 Å². The Kier molecular flexibility index (Phi) is 4.64. The summed E-state index contributed by atoms with van der Waals surface area (Å²) in [7, 11) is 0. The Balaban J connectivity index is 1.23. The summed E-state index contributed by atoms with van der Waals surface area (Å²) in [5.74, 6) is 1.51. The van der Waals surface area contributed by atoms with Crippen molar-refractivity contribution in [3.63, 3.8) is 0 Å². The molecule has 0 atom stereocenters. The van der Waals surface area contributed by atoms with Crippen LogP contribution in [0.25, 0.3) is 16.8 Å². The maximum atomic E-state index is 11.1. The number of anilines is 1. The molecule has 3 aromatic rings. The number of hydrogen-bond donors (Lipinski definition) is 1. The summed E-state index contributed by atoms with van der Waals surface area (Å²) >= 11 is 0. The fourth-order valence-corrected chi connectivity index (χ4v) is 5.34. The van der Waals surface area contributed by atoms with Gasteiger partial charge in [0.15, 0.2) is 0 Å². The molecule has 1 spiro atoms. The van der Waals surface area contributed by atoms with Crippen LogP contribution >= 0.6 is 0 Å². The average molecular weight is 442 g/mol. The van der Waals surface area contributed by atoms with E-state index in [1.165, 1.54) is 35.7 Å².